The lowest BCUT2D eigenvalue weighted by molar-refractivity contribution is -0.123. The van der Waals surface area contributed by atoms with Gasteiger partial charge in [0.05, 0.1) is 24.8 Å². The number of hydrogen-bond donors (Lipinski definition) is 1. The first-order valence-electron chi connectivity index (χ1n) is 9.08. The van der Waals surface area contributed by atoms with Gasteiger partial charge < -0.3 is 10.1 Å². The van der Waals surface area contributed by atoms with E-state index in [9.17, 15) is 4.79 Å². The first-order chi connectivity index (χ1) is 13.0. The van der Waals surface area contributed by atoms with E-state index in [1.54, 1.807) is 19.2 Å². The minimum atomic E-state index is -0.00510. The van der Waals surface area contributed by atoms with Crippen LogP contribution < -0.4 is 5.32 Å². The summed E-state index contributed by atoms with van der Waals surface area (Å²) in [6.45, 7) is 6.21. The van der Waals surface area contributed by atoms with E-state index in [1.165, 1.54) is 0 Å². The van der Waals surface area contributed by atoms with Crippen LogP contribution in [0.3, 0.4) is 0 Å². The van der Waals surface area contributed by atoms with Gasteiger partial charge in [0.1, 0.15) is 0 Å². The van der Waals surface area contributed by atoms with Crippen LogP contribution in [0.4, 0.5) is 0 Å². The Kier molecular flexibility index (Phi) is 8.00. The van der Waals surface area contributed by atoms with Crippen LogP contribution in [-0.2, 0) is 29.2 Å². The van der Waals surface area contributed by atoms with Crippen LogP contribution in [0.1, 0.15) is 36.1 Å². The lowest BCUT2D eigenvalue weighted by atomic mass is 10.1. The molecule has 0 fully saturated rings. The second-order valence-electron chi connectivity index (χ2n) is 6.84. The zero-order valence-corrected chi connectivity index (χ0v) is 16.2. The fourth-order valence-electron chi connectivity index (χ4n) is 2.78. The fourth-order valence-corrected chi connectivity index (χ4v) is 2.78. The van der Waals surface area contributed by atoms with Crippen LogP contribution in [-0.4, -0.2) is 30.5 Å². The maximum atomic E-state index is 12.4. The van der Waals surface area contributed by atoms with Crippen molar-refractivity contribution >= 4 is 5.91 Å². The highest BCUT2D eigenvalue weighted by molar-refractivity contribution is 5.78. The van der Waals surface area contributed by atoms with Crippen LogP contribution in [0.5, 0.6) is 0 Å². The number of nitrogens with one attached hydrogen (secondary N) is 1. The lowest BCUT2D eigenvalue weighted by Crippen LogP contribution is -2.40. The number of carbonyl (C=O) groups is 1. The minimum Gasteiger partial charge on any atom is -0.380 e. The van der Waals surface area contributed by atoms with E-state index < -0.39 is 0 Å². The van der Waals surface area contributed by atoms with Gasteiger partial charge in [-0.1, -0.05) is 36.4 Å². The Morgan fingerprint density at radius 1 is 1.15 bits per heavy atom. The summed E-state index contributed by atoms with van der Waals surface area (Å²) in [5.74, 6) is -0.00510. The molecule has 142 valence electrons. The van der Waals surface area contributed by atoms with Gasteiger partial charge in [0, 0.05) is 26.2 Å². The first-order valence-corrected chi connectivity index (χ1v) is 9.08. The summed E-state index contributed by atoms with van der Waals surface area (Å²) in [6.07, 6.45) is 0. The number of nitriles is 1. The topological polar surface area (TPSA) is 65.4 Å². The SMILES string of the molecule is COCc1cccc(CNC(=O)CN(Cc2ccc(C#N)cc2)C(C)C)c1. The van der Waals surface area contributed by atoms with E-state index in [4.69, 9.17) is 10.00 Å². The van der Waals surface area contributed by atoms with Gasteiger partial charge in [-0.25, -0.2) is 0 Å². The van der Waals surface area contributed by atoms with Crippen LogP contribution in [0.2, 0.25) is 0 Å². The molecule has 0 atom stereocenters. The molecule has 0 heterocycles. The second-order valence-corrected chi connectivity index (χ2v) is 6.84. The molecule has 5 nitrogen and oxygen atoms in total. The maximum absolute atomic E-state index is 12.4. The molecule has 2 rings (SSSR count). The van der Waals surface area contributed by atoms with Crippen molar-refractivity contribution in [2.45, 2.75) is 39.6 Å². The molecule has 0 aliphatic heterocycles. The maximum Gasteiger partial charge on any atom is 0.234 e. The highest BCUT2D eigenvalue weighted by Gasteiger charge is 2.14. The summed E-state index contributed by atoms with van der Waals surface area (Å²) in [5, 5.41) is 11.9. The second kappa shape index (κ2) is 10.5. The molecule has 0 spiro atoms. The zero-order valence-electron chi connectivity index (χ0n) is 16.2. The molecule has 0 bridgehead atoms. The number of rotatable bonds is 9. The lowest BCUT2D eigenvalue weighted by Gasteiger charge is -2.26. The largest absolute Gasteiger partial charge is 0.380 e. The normalized spacial score (nSPS) is 10.8. The molecule has 2 aromatic carbocycles. The molecule has 0 saturated heterocycles. The van der Waals surface area contributed by atoms with E-state index in [1.807, 2.05) is 36.4 Å². The van der Waals surface area contributed by atoms with Gasteiger partial charge in [-0.2, -0.15) is 5.26 Å². The van der Waals surface area contributed by atoms with Gasteiger partial charge in [0.2, 0.25) is 5.91 Å². The van der Waals surface area contributed by atoms with Gasteiger partial charge in [0.15, 0.2) is 0 Å². The summed E-state index contributed by atoms with van der Waals surface area (Å²) >= 11 is 0. The number of methoxy groups -OCH3 is 1. The third-order valence-electron chi connectivity index (χ3n) is 4.34. The Balaban J connectivity index is 1.90. The van der Waals surface area contributed by atoms with Crippen molar-refractivity contribution in [3.8, 4) is 6.07 Å². The van der Waals surface area contributed by atoms with E-state index in [0.717, 1.165) is 16.7 Å². The molecular weight excluding hydrogens is 338 g/mol. The number of ether oxygens (including phenoxy) is 1. The van der Waals surface area contributed by atoms with Gasteiger partial charge in [-0.3, -0.25) is 9.69 Å². The van der Waals surface area contributed by atoms with Crippen LogP contribution in [0.25, 0.3) is 0 Å². The molecule has 0 aromatic heterocycles. The Labute approximate surface area is 161 Å². The molecule has 2 aromatic rings. The molecule has 1 N–H and O–H groups in total. The third kappa shape index (κ3) is 6.86. The number of benzene rings is 2. The average Bonchev–Trinajstić information content (AvgIpc) is 2.67. The molecule has 0 saturated carbocycles. The smallest absolute Gasteiger partial charge is 0.234 e. The Morgan fingerprint density at radius 2 is 1.85 bits per heavy atom. The predicted octanol–water partition coefficient (Wildman–Crippen LogP) is 3.23. The summed E-state index contributed by atoms with van der Waals surface area (Å²) in [5.41, 5.74) is 3.88. The van der Waals surface area contributed by atoms with Crippen molar-refractivity contribution < 1.29 is 9.53 Å². The fraction of sp³-hybridized carbons (Fsp3) is 0.364. The van der Waals surface area contributed by atoms with Crippen molar-refractivity contribution in [3.63, 3.8) is 0 Å². The van der Waals surface area contributed by atoms with E-state index in [0.29, 0.717) is 31.8 Å². The standard InChI is InChI=1S/C22H27N3O2/c1-17(2)25(14-19-9-7-18(12-23)8-10-19)15-22(26)24-13-20-5-4-6-21(11-20)16-27-3/h4-11,17H,13-16H2,1-3H3,(H,24,26). The Hall–Kier alpha value is -2.68. The zero-order chi connectivity index (χ0) is 19.6. The number of amides is 1. The highest BCUT2D eigenvalue weighted by Crippen LogP contribution is 2.10. The monoisotopic (exact) mass is 365 g/mol. The summed E-state index contributed by atoms with van der Waals surface area (Å²) in [6, 6.07) is 17.9. The van der Waals surface area contributed by atoms with Gasteiger partial charge in [-0.15, -0.1) is 0 Å². The van der Waals surface area contributed by atoms with Crippen molar-refractivity contribution in [2.75, 3.05) is 13.7 Å². The third-order valence-corrected chi connectivity index (χ3v) is 4.34. The van der Waals surface area contributed by atoms with Gasteiger partial charge in [0.25, 0.3) is 0 Å². The van der Waals surface area contributed by atoms with Crippen molar-refractivity contribution in [3.05, 3.63) is 70.8 Å². The van der Waals surface area contributed by atoms with Crippen LogP contribution >= 0.6 is 0 Å². The average molecular weight is 365 g/mol. The van der Waals surface area contributed by atoms with Crippen molar-refractivity contribution in [1.82, 2.24) is 10.2 Å². The summed E-state index contributed by atoms with van der Waals surface area (Å²) < 4.78 is 5.15. The highest BCUT2D eigenvalue weighted by atomic mass is 16.5. The molecule has 0 aliphatic rings. The van der Waals surface area contributed by atoms with Gasteiger partial charge in [-0.05, 0) is 42.7 Å². The van der Waals surface area contributed by atoms with Crippen molar-refractivity contribution in [1.29, 1.82) is 5.26 Å². The number of carbonyl (C=O) groups excluding carboxylic acids is 1. The minimum absolute atomic E-state index is 0.00510. The first kappa shape index (κ1) is 20.6. The quantitative estimate of drug-likeness (QED) is 0.741. The Morgan fingerprint density at radius 3 is 2.48 bits per heavy atom. The van der Waals surface area contributed by atoms with Crippen LogP contribution in [0, 0.1) is 11.3 Å². The molecule has 5 heteroatoms. The van der Waals surface area contributed by atoms with E-state index in [-0.39, 0.29) is 11.9 Å². The summed E-state index contributed by atoms with van der Waals surface area (Å²) in [4.78, 5) is 14.5. The molecule has 0 aliphatic carbocycles. The molecule has 1 amide bonds. The summed E-state index contributed by atoms with van der Waals surface area (Å²) in [7, 11) is 1.67. The molecule has 0 unspecified atom stereocenters. The molecule has 0 radical (unpaired) electrons. The van der Waals surface area contributed by atoms with E-state index >= 15 is 0 Å². The molecular formula is C22H27N3O2. The molecule has 27 heavy (non-hydrogen) atoms. The number of nitrogens with zero attached hydrogens (tertiary/aromatic N) is 2. The Bertz CT molecular complexity index is 779. The van der Waals surface area contributed by atoms with E-state index in [2.05, 4.69) is 30.1 Å². The van der Waals surface area contributed by atoms with Crippen molar-refractivity contribution in [2.24, 2.45) is 0 Å². The number of hydrogen-bond acceptors (Lipinski definition) is 4. The van der Waals surface area contributed by atoms with Gasteiger partial charge >= 0.3 is 0 Å². The van der Waals surface area contributed by atoms with Crippen LogP contribution in [0.15, 0.2) is 48.5 Å². The predicted molar refractivity (Wildman–Crippen MR) is 106 cm³/mol.